The van der Waals surface area contributed by atoms with Crippen LogP contribution >= 0.6 is 7.26 Å². The summed E-state index contributed by atoms with van der Waals surface area (Å²) in [6, 6.07) is 35.5. The Morgan fingerprint density at radius 2 is 1.19 bits per heavy atom. The highest BCUT2D eigenvalue weighted by Crippen LogP contribution is 2.55. The Balaban J connectivity index is 1.35. The number of hydrogen-bond acceptors (Lipinski definition) is 5. The van der Waals surface area contributed by atoms with Gasteiger partial charge in [0.05, 0.1) is 11.7 Å². The topological polar surface area (TPSA) is 65.5 Å². The second-order valence-corrected chi connectivity index (χ2v) is 12.2. The molecule has 0 fully saturated rings. The fraction of sp³-hybridized carbons (Fsp3) is 0.194. The zero-order valence-corrected chi connectivity index (χ0v) is 21.6. The number of hydrogen-bond donors (Lipinski definition) is 0. The minimum atomic E-state index is -1.89. The first-order valence-electron chi connectivity index (χ1n) is 12.5. The normalized spacial score (nSPS) is 11.0. The van der Waals surface area contributed by atoms with E-state index < -0.39 is 13.2 Å². The fourth-order valence-electron chi connectivity index (χ4n) is 4.43. The molecule has 0 saturated carbocycles. The molecule has 188 valence electrons. The van der Waals surface area contributed by atoms with Gasteiger partial charge in [-0.3, -0.25) is 9.78 Å². The lowest BCUT2D eigenvalue weighted by atomic mass is 10.2. The predicted molar refractivity (Wildman–Crippen MR) is 149 cm³/mol. The Bertz CT molecular complexity index is 1160. The third-order valence-corrected chi connectivity index (χ3v) is 10.7. The van der Waals surface area contributed by atoms with Gasteiger partial charge in [-0.1, -0.05) is 54.6 Å². The molecule has 6 heteroatoms. The van der Waals surface area contributed by atoms with E-state index in [2.05, 4.69) is 96.0 Å². The molecule has 0 aliphatic carbocycles. The minimum absolute atomic E-state index is 0.0180. The molecule has 1 heterocycles. The molecule has 0 N–H and O–H groups in total. The molecule has 4 rings (SSSR count). The van der Waals surface area contributed by atoms with Gasteiger partial charge in [0.15, 0.2) is 0 Å². The summed E-state index contributed by atoms with van der Waals surface area (Å²) in [5, 5.41) is 4.02. The molecule has 0 amide bonds. The standard InChI is InChI=1S/C31H31NO4P/c33-30(35-22-23-36-31(34)26-13-12-21-32-25-26)20-10-11-24-37(27-14-4-1-5-15-27,28-16-6-2-7-17-28)29-18-8-3-9-19-29/h1-9,12-19,21,25H,10-11,20,22-24H2/q+1. The molecule has 0 bridgehead atoms. The van der Waals surface area contributed by atoms with Gasteiger partial charge in [0.25, 0.3) is 0 Å². The average molecular weight is 513 g/mol. The highest BCUT2D eigenvalue weighted by molar-refractivity contribution is 7.95. The molecule has 0 aliphatic rings. The summed E-state index contributed by atoms with van der Waals surface area (Å²) in [4.78, 5) is 28.2. The van der Waals surface area contributed by atoms with E-state index in [1.165, 1.54) is 22.1 Å². The highest BCUT2D eigenvalue weighted by Gasteiger charge is 2.44. The number of carbonyl (C=O) groups excluding carboxylic acids is 2. The number of esters is 2. The van der Waals surface area contributed by atoms with Crippen LogP contribution in [0.5, 0.6) is 0 Å². The maximum atomic E-state index is 12.3. The molecule has 5 nitrogen and oxygen atoms in total. The number of rotatable bonds is 12. The minimum Gasteiger partial charge on any atom is -0.462 e. The summed E-state index contributed by atoms with van der Waals surface area (Å²) in [5.41, 5.74) is 0.371. The summed E-state index contributed by atoms with van der Waals surface area (Å²) >= 11 is 0. The monoisotopic (exact) mass is 512 g/mol. The molecule has 0 spiro atoms. The van der Waals surface area contributed by atoms with E-state index in [4.69, 9.17) is 9.47 Å². The van der Waals surface area contributed by atoms with Gasteiger partial charge in [0.2, 0.25) is 0 Å². The number of benzene rings is 3. The molecule has 4 aromatic rings. The molecule has 1 aromatic heterocycles. The maximum Gasteiger partial charge on any atom is 0.339 e. The zero-order chi connectivity index (χ0) is 25.8. The number of aromatic nitrogens is 1. The van der Waals surface area contributed by atoms with Crippen LogP contribution in [0.15, 0.2) is 116 Å². The van der Waals surface area contributed by atoms with Crippen LogP contribution in [0.4, 0.5) is 0 Å². The number of carbonyl (C=O) groups is 2. The van der Waals surface area contributed by atoms with Crippen LogP contribution < -0.4 is 15.9 Å². The molecule has 3 aromatic carbocycles. The molecule has 0 saturated heterocycles. The predicted octanol–water partition coefficient (Wildman–Crippen LogP) is 4.95. The van der Waals surface area contributed by atoms with Crippen molar-refractivity contribution in [2.45, 2.75) is 19.3 Å². The average Bonchev–Trinajstić information content (AvgIpc) is 2.97. The van der Waals surface area contributed by atoms with Gasteiger partial charge < -0.3 is 9.47 Å². The molecule has 0 aliphatic heterocycles. The first-order valence-corrected chi connectivity index (χ1v) is 14.5. The van der Waals surface area contributed by atoms with Crippen LogP contribution in [0, 0.1) is 0 Å². The Kier molecular flexibility index (Phi) is 9.56. The van der Waals surface area contributed by atoms with Crippen molar-refractivity contribution in [3.8, 4) is 0 Å². The van der Waals surface area contributed by atoms with Gasteiger partial charge in [-0.05, 0) is 61.4 Å². The van der Waals surface area contributed by atoms with Crippen molar-refractivity contribution in [3.05, 3.63) is 121 Å². The third-order valence-electron chi connectivity index (χ3n) is 6.19. The maximum absolute atomic E-state index is 12.3. The summed E-state index contributed by atoms with van der Waals surface area (Å²) in [5.74, 6) is -0.757. The van der Waals surface area contributed by atoms with Crippen LogP contribution in [-0.2, 0) is 14.3 Å². The fourth-order valence-corrected chi connectivity index (χ4v) is 8.84. The number of nitrogens with zero attached hydrogens (tertiary/aromatic N) is 1. The summed E-state index contributed by atoms with van der Waals surface area (Å²) < 4.78 is 10.4. The van der Waals surface area contributed by atoms with E-state index in [0.717, 1.165) is 19.0 Å². The van der Waals surface area contributed by atoms with Crippen molar-refractivity contribution < 1.29 is 19.1 Å². The second-order valence-electron chi connectivity index (χ2n) is 8.60. The molecule has 37 heavy (non-hydrogen) atoms. The van der Waals surface area contributed by atoms with Crippen molar-refractivity contribution in [2.75, 3.05) is 19.4 Å². The first-order chi connectivity index (χ1) is 18.2. The number of pyridine rings is 1. The third kappa shape index (κ3) is 6.90. The van der Waals surface area contributed by atoms with Crippen LogP contribution in [0.3, 0.4) is 0 Å². The lowest BCUT2D eigenvalue weighted by Gasteiger charge is -2.27. The van der Waals surface area contributed by atoms with Gasteiger partial charge in [0, 0.05) is 18.8 Å². The Morgan fingerprint density at radius 1 is 0.649 bits per heavy atom. The molecule has 0 atom stereocenters. The van der Waals surface area contributed by atoms with Crippen molar-refractivity contribution in [1.82, 2.24) is 4.98 Å². The largest absolute Gasteiger partial charge is 0.462 e. The van der Waals surface area contributed by atoms with Crippen molar-refractivity contribution >= 4 is 35.1 Å². The summed E-state index contributed by atoms with van der Waals surface area (Å²) in [7, 11) is -1.89. The number of unbranched alkanes of at least 4 members (excludes halogenated alkanes) is 1. The summed E-state index contributed by atoms with van der Waals surface area (Å²) in [6.45, 7) is 0.0595. The molecular formula is C31H31NO4P+. The zero-order valence-electron chi connectivity index (χ0n) is 20.7. The molecular weight excluding hydrogens is 481 g/mol. The van der Waals surface area contributed by atoms with Crippen LogP contribution in [-0.4, -0.2) is 36.3 Å². The Labute approximate surface area is 218 Å². The van der Waals surface area contributed by atoms with Crippen LogP contribution in [0.1, 0.15) is 29.6 Å². The van der Waals surface area contributed by atoms with Gasteiger partial charge in [-0.15, -0.1) is 0 Å². The first kappa shape index (κ1) is 26.2. The van der Waals surface area contributed by atoms with E-state index >= 15 is 0 Å². The van der Waals surface area contributed by atoms with Crippen molar-refractivity contribution in [1.29, 1.82) is 0 Å². The molecule has 0 radical (unpaired) electrons. The Hall–Kier alpha value is -3.82. The quantitative estimate of drug-likeness (QED) is 0.153. The lowest BCUT2D eigenvalue weighted by molar-refractivity contribution is -0.144. The van der Waals surface area contributed by atoms with Gasteiger partial charge in [0.1, 0.15) is 36.4 Å². The van der Waals surface area contributed by atoms with E-state index in [0.29, 0.717) is 12.0 Å². The van der Waals surface area contributed by atoms with Crippen molar-refractivity contribution in [3.63, 3.8) is 0 Å². The van der Waals surface area contributed by atoms with Crippen molar-refractivity contribution in [2.24, 2.45) is 0 Å². The van der Waals surface area contributed by atoms with E-state index in [9.17, 15) is 9.59 Å². The Morgan fingerprint density at radius 3 is 1.70 bits per heavy atom. The smallest absolute Gasteiger partial charge is 0.339 e. The van der Waals surface area contributed by atoms with Gasteiger partial charge in [-0.25, -0.2) is 4.79 Å². The summed E-state index contributed by atoms with van der Waals surface area (Å²) in [6.07, 6.45) is 5.93. The van der Waals surface area contributed by atoms with Gasteiger partial charge >= 0.3 is 11.9 Å². The van der Waals surface area contributed by atoms with Gasteiger partial charge in [-0.2, -0.15) is 0 Å². The SMILES string of the molecule is O=C(CCCC[P+](c1ccccc1)(c1ccccc1)c1ccccc1)OCCOC(=O)c1cccnc1. The van der Waals surface area contributed by atoms with Crippen LogP contribution in [0.2, 0.25) is 0 Å². The number of ether oxygens (including phenoxy) is 2. The molecule has 0 unspecified atom stereocenters. The lowest BCUT2D eigenvalue weighted by Crippen LogP contribution is -2.33. The second kappa shape index (κ2) is 13.5. The van der Waals surface area contributed by atoms with E-state index in [-0.39, 0.29) is 19.2 Å². The van der Waals surface area contributed by atoms with E-state index in [1.54, 1.807) is 18.3 Å². The highest BCUT2D eigenvalue weighted by atomic mass is 31.2. The van der Waals surface area contributed by atoms with Crippen LogP contribution in [0.25, 0.3) is 0 Å². The van der Waals surface area contributed by atoms with E-state index in [1.807, 2.05) is 0 Å².